The third-order valence-electron chi connectivity index (χ3n) is 3.71. The maximum atomic E-state index is 5.50. The zero-order valence-corrected chi connectivity index (χ0v) is 10.5. The molecular weight excluding hydrogens is 184 g/mol. The van der Waals surface area contributed by atoms with Crippen molar-refractivity contribution in [2.24, 2.45) is 17.6 Å². The van der Waals surface area contributed by atoms with E-state index in [9.17, 15) is 0 Å². The fraction of sp³-hybridized carbons (Fsp3) is 1.00. The minimum absolute atomic E-state index is 0.775. The van der Waals surface area contributed by atoms with Crippen molar-refractivity contribution >= 4 is 0 Å². The van der Waals surface area contributed by atoms with Gasteiger partial charge in [0.2, 0.25) is 0 Å². The minimum Gasteiger partial charge on any atom is -0.330 e. The molecule has 1 saturated carbocycles. The summed E-state index contributed by atoms with van der Waals surface area (Å²) in [5, 5.41) is 3.73. The van der Waals surface area contributed by atoms with Gasteiger partial charge < -0.3 is 11.1 Å². The van der Waals surface area contributed by atoms with Gasteiger partial charge in [-0.25, -0.2) is 0 Å². The lowest BCUT2D eigenvalue weighted by molar-refractivity contribution is 0.205. The number of nitrogens with two attached hydrogens (primary N) is 1. The van der Waals surface area contributed by atoms with Crippen molar-refractivity contribution < 1.29 is 0 Å². The van der Waals surface area contributed by atoms with Crippen LogP contribution in [0.5, 0.6) is 0 Å². The highest BCUT2D eigenvalue weighted by atomic mass is 14.9. The molecule has 2 heteroatoms. The average Bonchev–Trinajstić information content (AvgIpc) is 2.25. The fourth-order valence-electron chi connectivity index (χ4n) is 2.77. The Balaban J connectivity index is 2.23. The second-order valence-corrected chi connectivity index (χ2v) is 5.25. The molecule has 1 fully saturated rings. The molecule has 0 aromatic carbocycles. The van der Waals surface area contributed by atoms with E-state index in [1.54, 1.807) is 0 Å². The Morgan fingerprint density at radius 1 is 1.20 bits per heavy atom. The molecule has 0 heterocycles. The summed E-state index contributed by atoms with van der Waals surface area (Å²) in [6.07, 6.45) is 8.04. The van der Waals surface area contributed by atoms with Crippen LogP contribution in [0.3, 0.4) is 0 Å². The summed E-state index contributed by atoms with van der Waals surface area (Å²) in [6, 6.07) is 0.775. The van der Waals surface area contributed by atoms with Gasteiger partial charge in [0.15, 0.2) is 0 Å². The van der Waals surface area contributed by atoms with E-state index in [0.29, 0.717) is 0 Å². The Labute approximate surface area is 95.0 Å². The lowest BCUT2D eigenvalue weighted by Gasteiger charge is -2.35. The van der Waals surface area contributed by atoms with Crippen LogP contribution >= 0.6 is 0 Å². The van der Waals surface area contributed by atoms with Crippen LogP contribution in [-0.4, -0.2) is 19.1 Å². The molecule has 2 nitrogen and oxygen atoms in total. The smallest absolute Gasteiger partial charge is 0.00977 e. The quantitative estimate of drug-likeness (QED) is 0.664. The highest BCUT2D eigenvalue weighted by Gasteiger charge is 2.26. The van der Waals surface area contributed by atoms with Crippen LogP contribution in [0.1, 0.15) is 52.4 Å². The van der Waals surface area contributed by atoms with Crippen molar-refractivity contribution in [2.75, 3.05) is 13.1 Å². The van der Waals surface area contributed by atoms with Gasteiger partial charge in [-0.15, -0.1) is 0 Å². The topological polar surface area (TPSA) is 38.0 Å². The number of rotatable bonds is 6. The van der Waals surface area contributed by atoms with Crippen molar-refractivity contribution in [3.05, 3.63) is 0 Å². The van der Waals surface area contributed by atoms with Crippen LogP contribution in [0.15, 0.2) is 0 Å². The molecule has 0 amide bonds. The molecule has 1 aliphatic carbocycles. The molecule has 90 valence electrons. The van der Waals surface area contributed by atoms with Gasteiger partial charge in [0, 0.05) is 6.04 Å². The third-order valence-corrected chi connectivity index (χ3v) is 3.71. The molecular formula is C13H28N2. The van der Waals surface area contributed by atoms with Crippen LogP contribution < -0.4 is 11.1 Å². The van der Waals surface area contributed by atoms with Crippen LogP contribution in [0.4, 0.5) is 0 Å². The van der Waals surface area contributed by atoms with E-state index in [0.717, 1.165) is 37.4 Å². The zero-order valence-electron chi connectivity index (χ0n) is 10.5. The van der Waals surface area contributed by atoms with Crippen LogP contribution in [0, 0.1) is 11.8 Å². The lowest BCUT2D eigenvalue weighted by atomic mass is 9.78. The third kappa shape index (κ3) is 4.52. The monoisotopic (exact) mass is 212 g/mol. The van der Waals surface area contributed by atoms with Gasteiger partial charge in [-0.2, -0.15) is 0 Å². The molecule has 1 rings (SSSR count). The molecule has 15 heavy (non-hydrogen) atoms. The van der Waals surface area contributed by atoms with E-state index in [2.05, 4.69) is 19.2 Å². The Kier molecular flexibility index (Phi) is 6.26. The average molecular weight is 212 g/mol. The van der Waals surface area contributed by atoms with E-state index in [1.165, 1.54) is 32.1 Å². The standard InChI is InChI=1S/C13H28N2/c1-11(2)12-7-3-4-8-13(12)15-10-6-5-9-14/h11-13,15H,3-10,14H2,1-2H3. The number of hydrogen-bond donors (Lipinski definition) is 2. The van der Waals surface area contributed by atoms with Crippen LogP contribution in [0.25, 0.3) is 0 Å². The number of unbranched alkanes of at least 4 members (excludes halogenated alkanes) is 1. The summed E-state index contributed by atoms with van der Waals surface area (Å²) in [5.74, 6) is 1.73. The van der Waals surface area contributed by atoms with Crippen molar-refractivity contribution in [1.29, 1.82) is 0 Å². The molecule has 0 spiro atoms. The van der Waals surface area contributed by atoms with E-state index in [4.69, 9.17) is 5.73 Å². The molecule has 2 atom stereocenters. The predicted octanol–water partition coefficient (Wildman–Crippen LogP) is 2.53. The van der Waals surface area contributed by atoms with Crippen LogP contribution in [-0.2, 0) is 0 Å². The minimum atomic E-state index is 0.775. The second-order valence-electron chi connectivity index (χ2n) is 5.25. The highest BCUT2D eigenvalue weighted by molar-refractivity contribution is 4.82. The molecule has 0 bridgehead atoms. The lowest BCUT2D eigenvalue weighted by Crippen LogP contribution is -2.41. The summed E-state index contributed by atoms with van der Waals surface area (Å²) < 4.78 is 0. The molecule has 0 aromatic heterocycles. The van der Waals surface area contributed by atoms with Crippen molar-refractivity contribution in [2.45, 2.75) is 58.4 Å². The van der Waals surface area contributed by atoms with E-state index in [1.807, 2.05) is 0 Å². The van der Waals surface area contributed by atoms with Gasteiger partial charge in [0.1, 0.15) is 0 Å². The molecule has 0 radical (unpaired) electrons. The number of nitrogens with one attached hydrogen (secondary N) is 1. The molecule has 3 N–H and O–H groups in total. The first-order chi connectivity index (χ1) is 7.25. The Morgan fingerprint density at radius 3 is 2.60 bits per heavy atom. The van der Waals surface area contributed by atoms with E-state index in [-0.39, 0.29) is 0 Å². The van der Waals surface area contributed by atoms with Crippen LogP contribution in [0.2, 0.25) is 0 Å². The summed E-state index contributed by atoms with van der Waals surface area (Å²) in [7, 11) is 0. The van der Waals surface area contributed by atoms with Gasteiger partial charge >= 0.3 is 0 Å². The van der Waals surface area contributed by atoms with Gasteiger partial charge in [-0.3, -0.25) is 0 Å². The summed E-state index contributed by atoms with van der Waals surface area (Å²) in [4.78, 5) is 0. The second kappa shape index (κ2) is 7.24. The zero-order chi connectivity index (χ0) is 11.1. The summed E-state index contributed by atoms with van der Waals surface area (Å²) in [5.41, 5.74) is 5.50. The first-order valence-electron chi connectivity index (χ1n) is 6.69. The Morgan fingerprint density at radius 2 is 1.93 bits per heavy atom. The maximum absolute atomic E-state index is 5.50. The van der Waals surface area contributed by atoms with Gasteiger partial charge in [0.25, 0.3) is 0 Å². The maximum Gasteiger partial charge on any atom is 0.00977 e. The largest absolute Gasteiger partial charge is 0.330 e. The fourth-order valence-corrected chi connectivity index (χ4v) is 2.77. The Bertz CT molecular complexity index is 157. The van der Waals surface area contributed by atoms with Gasteiger partial charge in [0.05, 0.1) is 0 Å². The Hall–Kier alpha value is -0.0800. The van der Waals surface area contributed by atoms with Gasteiger partial charge in [-0.1, -0.05) is 26.7 Å². The van der Waals surface area contributed by atoms with Crippen molar-refractivity contribution in [1.82, 2.24) is 5.32 Å². The first kappa shape index (κ1) is 13.0. The van der Waals surface area contributed by atoms with Gasteiger partial charge in [-0.05, 0) is 50.6 Å². The molecule has 1 aliphatic rings. The van der Waals surface area contributed by atoms with Crippen molar-refractivity contribution in [3.63, 3.8) is 0 Å². The molecule has 2 unspecified atom stereocenters. The molecule has 0 aliphatic heterocycles. The van der Waals surface area contributed by atoms with E-state index >= 15 is 0 Å². The van der Waals surface area contributed by atoms with E-state index < -0.39 is 0 Å². The highest BCUT2D eigenvalue weighted by Crippen LogP contribution is 2.30. The molecule has 0 aromatic rings. The molecule has 0 saturated heterocycles. The first-order valence-corrected chi connectivity index (χ1v) is 6.69. The number of hydrogen-bond acceptors (Lipinski definition) is 2. The predicted molar refractivity (Wildman–Crippen MR) is 66.9 cm³/mol. The summed E-state index contributed by atoms with van der Waals surface area (Å²) in [6.45, 7) is 6.72. The summed E-state index contributed by atoms with van der Waals surface area (Å²) >= 11 is 0. The normalized spacial score (nSPS) is 27.2. The van der Waals surface area contributed by atoms with Crippen molar-refractivity contribution in [3.8, 4) is 0 Å². The SMILES string of the molecule is CC(C)C1CCCCC1NCCCCN.